The summed E-state index contributed by atoms with van der Waals surface area (Å²) in [7, 11) is 0. The molecular formula is C14H17NO3S. The van der Waals surface area contributed by atoms with Crippen molar-refractivity contribution in [1.82, 2.24) is 5.32 Å². The summed E-state index contributed by atoms with van der Waals surface area (Å²) in [6, 6.07) is 8.85. The van der Waals surface area contributed by atoms with Crippen molar-refractivity contribution in [3.8, 4) is 0 Å². The van der Waals surface area contributed by atoms with E-state index in [1.807, 2.05) is 30.3 Å². The van der Waals surface area contributed by atoms with E-state index in [1.165, 1.54) is 11.8 Å². The Morgan fingerprint density at radius 1 is 1.32 bits per heavy atom. The SMILES string of the molecule is O=C(CSc1ccccc1)N[C@@H](CC1CC1)C(=O)O. The largest absolute Gasteiger partial charge is 0.480 e. The Balaban J connectivity index is 1.77. The summed E-state index contributed by atoms with van der Waals surface area (Å²) in [5.41, 5.74) is 0. The molecule has 1 aromatic rings. The zero-order valence-electron chi connectivity index (χ0n) is 10.5. The molecule has 1 aliphatic rings. The highest BCUT2D eigenvalue weighted by Crippen LogP contribution is 2.33. The van der Waals surface area contributed by atoms with Crippen LogP contribution in [0.25, 0.3) is 0 Å². The molecule has 5 heteroatoms. The lowest BCUT2D eigenvalue weighted by Crippen LogP contribution is -2.41. The van der Waals surface area contributed by atoms with Gasteiger partial charge in [-0.15, -0.1) is 11.8 Å². The van der Waals surface area contributed by atoms with Crippen LogP contribution in [-0.4, -0.2) is 28.8 Å². The highest BCUT2D eigenvalue weighted by molar-refractivity contribution is 8.00. The van der Waals surface area contributed by atoms with Gasteiger partial charge in [0.2, 0.25) is 5.91 Å². The first-order valence-corrected chi connectivity index (χ1v) is 7.33. The van der Waals surface area contributed by atoms with Gasteiger partial charge in [-0.05, 0) is 24.5 Å². The van der Waals surface area contributed by atoms with Gasteiger partial charge >= 0.3 is 5.97 Å². The predicted octanol–water partition coefficient (Wildman–Crippen LogP) is 2.15. The normalized spacial score (nSPS) is 15.8. The second-order valence-electron chi connectivity index (χ2n) is 4.74. The molecular weight excluding hydrogens is 262 g/mol. The van der Waals surface area contributed by atoms with E-state index in [9.17, 15) is 9.59 Å². The molecule has 4 nitrogen and oxygen atoms in total. The first-order valence-electron chi connectivity index (χ1n) is 6.35. The number of hydrogen-bond donors (Lipinski definition) is 2. The van der Waals surface area contributed by atoms with Crippen molar-refractivity contribution in [2.45, 2.75) is 30.2 Å². The molecule has 102 valence electrons. The second kappa shape index (κ2) is 6.61. The molecule has 0 bridgehead atoms. The Labute approximate surface area is 116 Å². The van der Waals surface area contributed by atoms with Gasteiger partial charge in [0.15, 0.2) is 0 Å². The zero-order chi connectivity index (χ0) is 13.7. The lowest BCUT2D eigenvalue weighted by atomic mass is 10.1. The average molecular weight is 279 g/mol. The van der Waals surface area contributed by atoms with Gasteiger partial charge in [0.1, 0.15) is 6.04 Å². The van der Waals surface area contributed by atoms with E-state index in [2.05, 4.69) is 5.32 Å². The lowest BCUT2D eigenvalue weighted by Gasteiger charge is -2.13. The number of carbonyl (C=O) groups excluding carboxylic acids is 1. The summed E-state index contributed by atoms with van der Waals surface area (Å²) >= 11 is 1.41. The van der Waals surface area contributed by atoms with Crippen LogP contribution < -0.4 is 5.32 Å². The van der Waals surface area contributed by atoms with Crippen molar-refractivity contribution in [1.29, 1.82) is 0 Å². The molecule has 0 aromatic heterocycles. The number of thioether (sulfide) groups is 1. The van der Waals surface area contributed by atoms with E-state index in [1.54, 1.807) is 0 Å². The number of aliphatic carboxylic acids is 1. The van der Waals surface area contributed by atoms with E-state index in [0.29, 0.717) is 12.3 Å². The smallest absolute Gasteiger partial charge is 0.326 e. The van der Waals surface area contributed by atoms with E-state index >= 15 is 0 Å². The zero-order valence-corrected chi connectivity index (χ0v) is 11.4. The molecule has 0 saturated heterocycles. The van der Waals surface area contributed by atoms with Crippen LogP contribution in [0.4, 0.5) is 0 Å². The minimum atomic E-state index is -0.940. The Morgan fingerprint density at radius 3 is 2.58 bits per heavy atom. The molecule has 2 rings (SSSR count). The van der Waals surface area contributed by atoms with Crippen LogP contribution in [0.5, 0.6) is 0 Å². The summed E-state index contributed by atoms with van der Waals surface area (Å²) in [6.07, 6.45) is 2.72. The van der Waals surface area contributed by atoms with E-state index in [-0.39, 0.29) is 11.7 Å². The first kappa shape index (κ1) is 13.9. The number of amides is 1. The fraction of sp³-hybridized carbons (Fsp3) is 0.429. The summed E-state index contributed by atoms with van der Waals surface area (Å²) in [5.74, 6) is -0.437. The van der Waals surface area contributed by atoms with Gasteiger partial charge < -0.3 is 10.4 Å². The number of carboxylic acids is 1. The van der Waals surface area contributed by atoms with Gasteiger partial charge in [-0.1, -0.05) is 31.0 Å². The third-order valence-corrected chi connectivity index (χ3v) is 4.02. The maximum absolute atomic E-state index is 11.7. The maximum atomic E-state index is 11.7. The number of benzene rings is 1. The van der Waals surface area contributed by atoms with Crippen molar-refractivity contribution in [2.24, 2.45) is 5.92 Å². The molecule has 0 heterocycles. The van der Waals surface area contributed by atoms with E-state index in [4.69, 9.17) is 5.11 Å². The van der Waals surface area contributed by atoms with Crippen LogP contribution in [0.2, 0.25) is 0 Å². The highest BCUT2D eigenvalue weighted by atomic mass is 32.2. The van der Waals surface area contributed by atoms with Crippen molar-refractivity contribution in [3.05, 3.63) is 30.3 Å². The van der Waals surface area contributed by atoms with Gasteiger partial charge in [0.05, 0.1) is 5.75 Å². The molecule has 1 atom stereocenters. The monoisotopic (exact) mass is 279 g/mol. The van der Waals surface area contributed by atoms with Gasteiger partial charge in [0, 0.05) is 4.90 Å². The molecule has 2 N–H and O–H groups in total. The van der Waals surface area contributed by atoms with Crippen LogP contribution in [0, 0.1) is 5.92 Å². The molecule has 1 saturated carbocycles. The van der Waals surface area contributed by atoms with Crippen LogP contribution in [0.3, 0.4) is 0 Å². The number of nitrogens with one attached hydrogen (secondary N) is 1. The molecule has 1 amide bonds. The van der Waals surface area contributed by atoms with Crippen LogP contribution in [-0.2, 0) is 9.59 Å². The van der Waals surface area contributed by atoms with E-state index in [0.717, 1.165) is 17.7 Å². The van der Waals surface area contributed by atoms with Crippen molar-refractivity contribution in [3.63, 3.8) is 0 Å². The molecule has 19 heavy (non-hydrogen) atoms. The number of carbonyl (C=O) groups is 2. The van der Waals surface area contributed by atoms with Gasteiger partial charge in [-0.3, -0.25) is 4.79 Å². The molecule has 0 spiro atoms. The van der Waals surface area contributed by atoms with Crippen LogP contribution in [0.1, 0.15) is 19.3 Å². The van der Waals surface area contributed by atoms with E-state index < -0.39 is 12.0 Å². The van der Waals surface area contributed by atoms with Crippen LogP contribution in [0.15, 0.2) is 35.2 Å². The van der Waals surface area contributed by atoms with Crippen molar-refractivity contribution >= 4 is 23.6 Å². The van der Waals surface area contributed by atoms with Crippen molar-refractivity contribution < 1.29 is 14.7 Å². The Morgan fingerprint density at radius 2 is 2.00 bits per heavy atom. The maximum Gasteiger partial charge on any atom is 0.326 e. The molecule has 1 aliphatic carbocycles. The second-order valence-corrected chi connectivity index (χ2v) is 5.79. The molecule has 1 fully saturated rings. The van der Waals surface area contributed by atoms with Gasteiger partial charge in [-0.25, -0.2) is 4.79 Å². The first-order chi connectivity index (χ1) is 9.15. The quantitative estimate of drug-likeness (QED) is 0.751. The summed E-state index contributed by atoms with van der Waals surface area (Å²) in [5, 5.41) is 11.7. The average Bonchev–Trinajstić information content (AvgIpc) is 3.21. The summed E-state index contributed by atoms with van der Waals surface area (Å²) in [6.45, 7) is 0. The number of rotatable bonds is 7. The fourth-order valence-corrected chi connectivity index (χ4v) is 2.54. The molecule has 0 unspecified atom stereocenters. The Kier molecular flexibility index (Phi) is 4.85. The Hall–Kier alpha value is -1.49. The Bertz CT molecular complexity index is 445. The third kappa shape index (κ3) is 4.95. The minimum Gasteiger partial charge on any atom is -0.480 e. The molecule has 0 radical (unpaired) electrons. The van der Waals surface area contributed by atoms with Gasteiger partial charge in [0.25, 0.3) is 0 Å². The number of hydrogen-bond acceptors (Lipinski definition) is 3. The fourth-order valence-electron chi connectivity index (χ4n) is 1.81. The van der Waals surface area contributed by atoms with Crippen LogP contribution >= 0.6 is 11.8 Å². The third-order valence-electron chi connectivity index (χ3n) is 3.01. The highest BCUT2D eigenvalue weighted by Gasteiger charge is 2.30. The number of carboxylic acid groups (broad SMARTS) is 1. The molecule has 0 aliphatic heterocycles. The van der Waals surface area contributed by atoms with Gasteiger partial charge in [-0.2, -0.15) is 0 Å². The standard InChI is InChI=1S/C14H17NO3S/c16-13(9-19-11-4-2-1-3-5-11)15-12(14(17)18)8-10-6-7-10/h1-5,10,12H,6-9H2,(H,15,16)(H,17,18)/t12-/m0/s1. The topological polar surface area (TPSA) is 66.4 Å². The summed E-state index contributed by atoms with van der Waals surface area (Å²) < 4.78 is 0. The summed E-state index contributed by atoms with van der Waals surface area (Å²) in [4.78, 5) is 23.8. The predicted molar refractivity (Wildman–Crippen MR) is 74.1 cm³/mol. The lowest BCUT2D eigenvalue weighted by molar-refractivity contribution is -0.141. The molecule has 1 aromatic carbocycles. The van der Waals surface area contributed by atoms with Crippen molar-refractivity contribution in [2.75, 3.05) is 5.75 Å². The minimum absolute atomic E-state index is 0.220.